The van der Waals surface area contributed by atoms with Gasteiger partial charge in [-0.15, -0.1) is 10.2 Å². The number of aromatic nitrogens is 2. The molecule has 1 aliphatic heterocycles. The molecule has 1 saturated carbocycles. The number of allylic oxidation sites excluding steroid dienone is 2. The number of carbonyl (C=O) groups is 1. The van der Waals surface area contributed by atoms with Crippen LogP contribution in [0.1, 0.15) is 25.7 Å². The molecule has 0 aromatic carbocycles. The minimum Gasteiger partial charge on any atom is -0.471 e. The fourth-order valence-corrected chi connectivity index (χ4v) is 4.32. The molecule has 134 valence electrons. The molecule has 0 N–H and O–H groups in total. The summed E-state index contributed by atoms with van der Waals surface area (Å²) in [4.78, 5) is 16.8. The van der Waals surface area contributed by atoms with Crippen LogP contribution in [0.3, 0.4) is 0 Å². The predicted molar refractivity (Wildman–Crippen MR) is 95.4 cm³/mol. The maximum Gasteiger partial charge on any atom is 0.233 e. The standard InChI is InChI=1S/C19H26N4O2/c1-22(2)17-7-8-18(21-20-17)25-15-4-3-9-23(12-15)19(24)16-11-13-5-6-14(16)10-13/h5-8,13-16H,3-4,9-12H2,1-2H3. The van der Waals surface area contributed by atoms with Crippen molar-refractivity contribution in [3.05, 3.63) is 24.3 Å². The molecule has 1 amide bonds. The Morgan fingerprint density at radius 2 is 2.12 bits per heavy atom. The summed E-state index contributed by atoms with van der Waals surface area (Å²) < 4.78 is 6.00. The molecule has 0 radical (unpaired) electrons. The highest BCUT2D eigenvalue weighted by atomic mass is 16.5. The van der Waals surface area contributed by atoms with Crippen molar-refractivity contribution in [1.29, 1.82) is 0 Å². The summed E-state index contributed by atoms with van der Waals surface area (Å²) in [6, 6.07) is 3.75. The second-order valence-corrected chi connectivity index (χ2v) is 7.68. The lowest BCUT2D eigenvalue weighted by molar-refractivity contribution is -0.139. The number of hydrogen-bond acceptors (Lipinski definition) is 5. The average molecular weight is 342 g/mol. The van der Waals surface area contributed by atoms with Gasteiger partial charge in [0.05, 0.1) is 6.54 Å². The van der Waals surface area contributed by atoms with Crippen LogP contribution < -0.4 is 9.64 Å². The van der Waals surface area contributed by atoms with Crippen molar-refractivity contribution in [2.75, 3.05) is 32.1 Å². The molecule has 0 spiro atoms. The van der Waals surface area contributed by atoms with Crippen molar-refractivity contribution in [3.8, 4) is 5.88 Å². The number of carbonyl (C=O) groups excluding carboxylic acids is 1. The van der Waals surface area contributed by atoms with Crippen LogP contribution in [0.5, 0.6) is 5.88 Å². The van der Waals surface area contributed by atoms with Gasteiger partial charge in [0.2, 0.25) is 11.8 Å². The molecule has 1 aromatic heterocycles. The molecule has 2 fully saturated rings. The van der Waals surface area contributed by atoms with Crippen LogP contribution in [0.2, 0.25) is 0 Å². The third-order valence-corrected chi connectivity index (χ3v) is 5.66. The van der Waals surface area contributed by atoms with E-state index in [-0.39, 0.29) is 12.0 Å². The SMILES string of the molecule is CN(C)c1ccc(OC2CCCN(C(=O)C3CC4C=CC3C4)C2)nn1. The third-order valence-electron chi connectivity index (χ3n) is 5.66. The van der Waals surface area contributed by atoms with Crippen LogP contribution in [-0.2, 0) is 4.79 Å². The normalized spacial score (nSPS) is 30.6. The smallest absolute Gasteiger partial charge is 0.233 e. The van der Waals surface area contributed by atoms with Crippen LogP contribution in [0, 0.1) is 17.8 Å². The topological polar surface area (TPSA) is 58.6 Å². The first-order valence-electron chi connectivity index (χ1n) is 9.25. The summed E-state index contributed by atoms with van der Waals surface area (Å²) in [7, 11) is 3.86. The van der Waals surface area contributed by atoms with Gasteiger partial charge in [0.25, 0.3) is 0 Å². The van der Waals surface area contributed by atoms with Gasteiger partial charge in [-0.3, -0.25) is 4.79 Å². The summed E-state index contributed by atoms with van der Waals surface area (Å²) in [5.41, 5.74) is 0. The van der Waals surface area contributed by atoms with E-state index in [4.69, 9.17) is 4.74 Å². The number of piperidine rings is 1. The van der Waals surface area contributed by atoms with E-state index < -0.39 is 0 Å². The maximum atomic E-state index is 12.9. The van der Waals surface area contributed by atoms with Crippen molar-refractivity contribution >= 4 is 11.7 Å². The molecule has 1 saturated heterocycles. The van der Waals surface area contributed by atoms with E-state index in [0.29, 0.717) is 30.2 Å². The van der Waals surface area contributed by atoms with Gasteiger partial charge in [-0.1, -0.05) is 12.2 Å². The average Bonchev–Trinajstić information content (AvgIpc) is 3.25. The van der Waals surface area contributed by atoms with Crippen LogP contribution in [-0.4, -0.2) is 54.3 Å². The first kappa shape index (κ1) is 16.4. The molecule has 4 rings (SSSR count). The van der Waals surface area contributed by atoms with Crippen LogP contribution >= 0.6 is 0 Å². The number of hydrogen-bond donors (Lipinski definition) is 0. The van der Waals surface area contributed by atoms with Crippen molar-refractivity contribution in [1.82, 2.24) is 15.1 Å². The molecule has 2 heterocycles. The lowest BCUT2D eigenvalue weighted by Crippen LogP contribution is -2.47. The molecule has 6 heteroatoms. The summed E-state index contributed by atoms with van der Waals surface area (Å²) in [6.45, 7) is 1.51. The molecule has 3 aliphatic rings. The van der Waals surface area contributed by atoms with Gasteiger partial charge in [-0.05, 0) is 43.6 Å². The highest BCUT2D eigenvalue weighted by Gasteiger charge is 2.42. The predicted octanol–water partition coefficient (Wildman–Crippen LogP) is 2.12. The van der Waals surface area contributed by atoms with E-state index in [1.54, 1.807) is 0 Å². The van der Waals surface area contributed by atoms with Crippen molar-refractivity contribution in [2.24, 2.45) is 17.8 Å². The Morgan fingerprint density at radius 1 is 1.24 bits per heavy atom. The fourth-order valence-electron chi connectivity index (χ4n) is 4.32. The highest BCUT2D eigenvalue weighted by molar-refractivity contribution is 5.80. The van der Waals surface area contributed by atoms with Gasteiger partial charge in [0.1, 0.15) is 6.10 Å². The number of ether oxygens (including phenoxy) is 1. The first-order valence-corrected chi connectivity index (χ1v) is 9.25. The molecule has 6 nitrogen and oxygen atoms in total. The molecule has 4 atom stereocenters. The minimum absolute atomic E-state index is 0.00587. The number of likely N-dealkylation sites (tertiary alicyclic amines) is 1. The van der Waals surface area contributed by atoms with E-state index >= 15 is 0 Å². The molecular weight excluding hydrogens is 316 g/mol. The Labute approximate surface area is 148 Å². The Hall–Kier alpha value is -2.11. The molecule has 2 aliphatic carbocycles. The molecule has 1 aromatic rings. The van der Waals surface area contributed by atoms with Crippen molar-refractivity contribution in [2.45, 2.75) is 31.8 Å². The van der Waals surface area contributed by atoms with Gasteiger partial charge in [0.15, 0.2) is 5.82 Å². The largest absolute Gasteiger partial charge is 0.471 e. The number of rotatable bonds is 4. The Kier molecular flexibility index (Phi) is 4.36. The lowest BCUT2D eigenvalue weighted by Gasteiger charge is -2.35. The van der Waals surface area contributed by atoms with Crippen LogP contribution in [0.25, 0.3) is 0 Å². The Bertz CT molecular complexity index is 658. The lowest BCUT2D eigenvalue weighted by atomic mass is 9.91. The maximum absolute atomic E-state index is 12.9. The zero-order valence-electron chi connectivity index (χ0n) is 15.0. The number of nitrogens with zero attached hydrogens (tertiary/aromatic N) is 4. The van der Waals surface area contributed by atoms with Crippen molar-refractivity contribution < 1.29 is 9.53 Å². The molecule has 25 heavy (non-hydrogen) atoms. The van der Waals surface area contributed by atoms with Crippen LogP contribution in [0.4, 0.5) is 5.82 Å². The second kappa shape index (κ2) is 6.65. The fraction of sp³-hybridized carbons (Fsp3) is 0.632. The van der Waals surface area contributed by atoms with E-state index in [9.17, 15) is 4.79 Å². The van der Waals surface area contributed by atoms with E-state index in [1.165, 1.54) is 0 Å². The van der Waals surface area contributed by atoms with Gasteiger partial charge in [0, 0.05) is 32.6 Å². The van der Waals surface area contributed by atoms with Gasteiger partial charge in [-0.2, -0.15) is 0 Å². The molecule has 4 unspecified atom stereocenters. The summed E-state index contributed by atoms with van der Waals surface area (Å²) in [6.07, 6.45) is 8.67. The zero-order valence-corrected chi connectivity index (χ0v) is 15.0. The zero-order chi connectivity index (χ0) is 17.4. The Morgan fingerprint density at radius 3 is 2.76 bits per heavy atom. The van der Waals surface area contributed by atoms with E-state index in [1.807, 2.05) is 36.0 Å². The van der Waals surface area contributed by atoms with Gasteiger partial charge in [-0.25, -0.2) is 0 Å². The van der Waals surface area contributed by atoms with Crippen molar-refractivity contribution in [3.63, 3.8) is 0 Å². The monoisotopic (exact) mass is 342 g/mol. The number of amides is 1. The first-order chi connectivity index (χ1) is 12.1. The Balaban J connectivity index is 1.36. The molecule has 2 bridgehead atoms. The molecular formula is C19H26N4O2. The van der Waals surface area contributed by atoms with Gasteiger partial charge >= 0.3 is 0 Å². The third kappa shape index (κ3) is 3.34. The summed E-state index contributed by atoms with van der Waals surface area (Å²) in [5, 5.41) is 8.30. The second-order valence-electron chi connectivity index (χ2n) is 7.68. The summed E-state index contributed by atoms with van der Waals surface area (Å²) in [5.74, 6) is 2.93. The van der Waals surface area contributed by atoms with Crippen LogP contribution in [0.15, 0.2) is 24.3 Å². The minimum atomic E-state index is 0.00587. The van der Waals surface area contributed by atoms with E-state index in [2.05, 4.69) is 22.3 Å². The highest BCUT2D eigenvalue weighted by Crippen LogP contribution is 2.44. The van der Waals surface area contributed by atoms with Gasteiger partial charge < -0.3 is 14.5 Å². The summed E-state index contributed by atoms with van der Waals surface area (Å²) >= 11 is 0. The van der Waals surface area contributed by atoms with E-state index in [0.717, 1.165) is 38.0 Å². The number of fused-ring (bicyclic) bond motifs is 2. The number of anilines is 1. The quantitative estimate of drug-likeness (QED) is 0.785.